The first kappa shape index (κ1) is 18.2. The van der Waals surface area contributed by atoms with E-state index in [0.29, 0.717) is 41.4 Å². The van der Waals surface area contributed by atoms with Crippen LogP contribution >= 0.6 is 23.5 Å². The number of thioether (sulfide) groups is 2. The van der Waals surface area contributed by atoms with Gasteiger partial charge in [0, 0.05) is 35.9 Å². The molecule has 2 aromatic rings. The van der Waals surface area contributed by atoms with Gasteiger partial charge in [-0.15, -0.1) is 11.8 Å². The second-order valence-electron chi connectivity index (χ2n) is 5.67. The molecule has 1 aromatic heterocycles. The van der Waals surface area contributed by atoms with Crippen molar-refractivity contribution in [2.75, 3.05) is 25.1 Å². The van der Waals surface area contributed by atoms with Gasteiger partial charge in [-0.05, 0) is 43.0 Å². The van der Waals surface area contributed by atoms with Gasteiger partial charge in [0.25, 0.3) is 5.91 Å². The van der Waals surface area contributed by atoms with Gasteiger partial charge in [-0.2, -0.15) is 11.8 Å². The van der Waals surface area contributed by atoms with Crippen molar-refractivity contribution in [1.82, 2.24) is 9.88 Å². The highest BCUT2D eigenvalue weighted by molar-refractivity contribution is 7.99. The smallest absolute Gasteiger partial charge is 0.256 e. The monoisotopic (exact) mass is 380 g/mol. The quantitative estimate of drug-likeness (QED) is 0.739. The van der Waals surface area contributed by atoms with Gasteiger partial charge in [-0.25, -0.2) is 13.8 Å². The summed E-state index contributed by atoms with van der Waals surface area (Å²) in [5.74, 6) is -0.204. The summed E-state index contributed by atoms with van der Waals surface area (Å²) in [5.41, 5.74) is 0.973. The average Bonchev–Trinajstić information content (AvgIpc) is 2.89. The topological polar surface area (TPSA) is 33.2 Å². The average molecular weight is 380 g/mol. The van der Waals surface area contributed by atoms with Crippen LogP contribution in [0.5, 0.6) is 0 Å². The molecule has 25 heavy (non-hydrogen) atoms. The lowest BCUT2D eigenvalue weighted by molar-refractivity contribution is 0.0762. The van der Waals surface area contributed by atoms with E-state index in [0.717, 1.165) is 6.07 Å². The lowest BCUT2D eigenvalue weighted by atomic mass is 10.1. The molecule has 2 heterocycles. The zero-order valence-corrected chi connectivity index (χ0v) is 15.4. The van der Waals surface area contributed by atoms with Crippen LogP contribution in [0.1, 0.15) is 27.6 Å². The predicted octanol–water partition coefficient (Wildman–Crippen LogP) is 4.40. The van der Waals surface area contributed by atoms with E-state index >= 15 is 0 Å². The first-order valence-corrected chi connectivity index (χ1v) is 10.2. The second-order valence-corrected chi connectivity index (χ2v) is 7.77. The van der Waals surface area contributed by atoms with Gasteiger partial charge in [-0.3, -0.25) is 4.79 Å². The summed E-state index contributed by atoms with van der Waals surface area (Å²) in [6.07, 6.45) is 4.15. The highest BCUT2D eigenvalue weighted by atomic mass is 32.2. The van der Waals surface area contributed by atoms with Crippen molar-refractivity contribution in [1.29, 1.82) is 0 Å². The van der Waals surface area contributed by atoms with Gasteiger partial charge in [0.05, 0.1) is 5.56 Å². The van der Waals surface area contributed by atoms with E-state index in [1.165, 1.54) is 23.9 Å². The molecule has 7 heteroatoms. The minimum Gasteiger partial charge on any atom is -0.338 e. The third-order valence-electron chi connectivity index (χ3n) is 4.13. The summed E-state index contributed by atoms with van der Waals surface area (Å²) in [7, 11) is 0. The number of benzene rings is 1. The molecule has 3 nitrogen and oxygen atoms in total. The van der Waals surface area contributed by atoms with E-state index in [9.17, 15) is 13.6 Å². The summed E-state index contributed by atoms with van der Waals surface area (Å²) in [6.45, 7) is 1.09. The fourth-order valence-electron chi connectivity index (χ4n) is 2.87. The van der Waals surface area contributed by atoms with Crippen LogP contribution in [0.15, 0.2) is 41.6 Å². The van der Waals surface area contributed by atoms with Crippen LogP contribution in [0.3, 0.4) is 0 Å². The third-order valence-corrected chi connectivity index (χ3v) is 6.15. The largest absolute Gasteiger partial charge is 0.338 e. The number of nitrogens with zero attached hydrogens (tertiary/aromatic N) is 2. The second kappa shape index (κ2) is 8.19. The number of pyridine rings is 1. The van der Waals surface area contributed by atoms with E-state index in [2.05, 4.69) is 4.98 Å². The molecule has 0 radical (unpaired) electrons. The van der Waals surface area contributed by atoms with E-state index in [-0.39, 0.29) is 11.2 Å². The molecule has 0 bridgehead atoms. The van der Waals surface area contributed by atoms with Crippen LogP contribution < -0.4 is 0 Å². The molecule has 3 rings (SSSR count). The molecule has 0 aliphatic carbocycles. The fourth-order valence-corrected chi connectivity index (χ4v) is 4.65. The summed E-state index contributed by atoms with van der Waals surface area (Å²) in [5, 5.41) is 0.555. The zero-order chi connectivity index (χ0) is 17.8. The van der Waals surface area contributed by atoms with Gasteiger partial charge in [0.1, 0.15) is 16.7 Å². The SMILES string of the molecule is CSc1ncccc1C(=O)N1CCS[C@H](c2cc(F)ccc2F)CC1. The van der Waals surface area contributed by atoms with E-state index in [1.54, 1.807) is 35.0 Å². The molecule has 1 aromatic carbocycles. The molecule has 0 unspecified atom stereocenters. The standard InChI is InChI=1S/C18H18F2N2OS2/c1-24-17-13(3-2-7-21-17)18(23)22-8-6-16(25-10-9-22)14-11-12(19)4-5-15(14)20/h2-5,7,11,16H,6,8-10H2,1H3/t16-/m0/s1. The Labute approximate surface area is 154 Å². The number of halogens is 2. The molecule has 0 saturated carbocycles. The zero-order valence-electron chi connectivity index (χ0n) is 13.7. The molecule has 1 saturated heterocycles. The van der Waals surface area contributed by atoms with Crippen molar-refractivity contribution >= 4 is 29.4 Å². The normalized spacial score (nSPS) is 18.0. The lowest BCUT2D eigenvalue weighted by Gasteiger charge is -2.21. The van der Waals surface area contributed by atoms with Crippen LogP contribution in [0.2, 0.25) is 0 Å². The van der Waals surface area contributed by atoms with E-state index in [4.69, 9.17) is 0 Å². The fraction of sp³-hybridized carbons (Fsp3) is 0.333. The Bertz CT molecular complexity index is 772. The number of hydrogen-bond donors (Lipinski definition) is 0. The number of hydrogen-bond acceptors (Lipinski definition) is 4. The van der Waals surface area contributed by atoms with Gasteiger partial charge in [0.2, 0.25) is 0 Å². The highest BCUT2D eigenvalue weighted by Crippen LogP contribution is 2.36. The molecule has 1 amide bonds. The molecular weight excluding hydrogens is 362 g/mol. The van der Waals surface area contributed by atoms with E-state index < -0.39 is 11.6 Å². The summed E-state index contributed by atoms with van der Waals surface area (Å²) >= 11 is 3.00. The van der Waals surface area contributed by atoms with Crippen molar-refractivity contribution in [2.24, 2.45) is 0 Å². The maximum Gasteiger partial charge on any atom is 0.256 e. The van der Waals surface area contributed by atoms with E-state index in [1.807, 2.05) is 6.26 Å². The predicted molar refractivity (Wildman–Crippen MR) is 98.1 cm³/mol. The minimum atomic E-state index is -0.436. The Balaban J connectivity index is 1.75. The molecule has 0 spiro atoms. The Morgan fingerprint density at radius 3 is 2.96 bits per heavy atom. The van der Waals surface area contributed by atoms with Crippen LogP contribution in [0.25, 0.3) is 0 Å². The van der Waals surface area contributed by atoms with Gasteiger partial charge >= 0.3 is 0 Å². The maximum atomic E-state index is 14.0. The van der Waals surface area contributed by atoms with Gasteiger partial charge in [-0.1, -0.05) is 0 Å². The summed E-state index contributed by atoms with van der Waals surface area (Å²) < 4.78 is 27.5. The molecule has 1 fully saturated rings. The molecule has 0 N–H and O–H groups in total. The number of aromatic nitrogens is 1. The number of rotatable bonds is 3. The summed E-state index contributed by atoms with van der Waals surface area (Å²) in [6, 6.07) is 7.09. The lowest BCUT2D eigenvalue weighted by Crippen LogP contribution is -2.33. The molecular formula is C18H18F2N2OS2. The van der Waals surface area contributed by atoms with Crippen molar-refractivity contribution in [2.45, 2.75) is 16.7 Å². The number of carbonyl (C=O) groups excluding carboxylic acids is 1. The van der Waals surface area contributed by atoms with Crippen molar-refractivity contribution < 1.29 is 13.6 Å². The highest BCUT2D eigenvalue weighted by Gasteiger charge is 2.26. The molecule has 132 valence electrons. The van der Waals surface area contributed by atoms with Crippen molar-refractivity contribution in [3.05, 3.63) is 59.3 Å². The van der Waals surface area contributed by atoms with Gasteiger partial charge in [0.15, 0.2) is 0 Å². The summed E-state index contributed by atoms with van der Waals surface area (Å²) in [4.78, 5) is 18.8. The third kappa shape index (κ3) is 4.15. The van der Waals surface area contributed by atoms with Crippen LogP contribution in [-0.2, 0) is 0 Å². The van der Waals surface area contributed by atoms with Crippen molar-refractivity contribution in [3.8, 4) is 0 Å². The van der Waals surface area contributed by atoms with Crippen LogP contribution in [0, 0.1) is 11.6 Å². The Morgan fingerprint density at radius 2 is 2.16 bits per heavy atom. The maximum absolute atomic E-state index is 14.0. The Morgan fingerprint density at radius 1 is 1.32 bits per heavy atom. The minimum absolute atomic E-state index is 0.0570. The Kier molecular flexibility index (Phi) is 5.96. The molecule has 1 aliphatic heterocycles. The number of amides is 1. The first-order chi connectivity index (χ1) is 12.1. The Hall–Kier alpha value is -1.60. The number of carbonyl (C=O) groups is 1. The molecule has 1 atom stereocenters. The van der Waals surface area contributed by atoms with Gasteiger partial charge < -0.3 is 4.90 Å². The van der Waals surface area contributed by atoms with Crippen LogP contribution in [0.4, 0.5) is 8.78 Å². The first-order valence-electron chi connectivity index (χ1n) is 7.95. The van der Waals surface area contributed by atoms with Crippen LogP contribution in [-0.4, -0.2) is 40.9 Å². The molecule has 1 aliphatic rings. The van der Waals surface area contributed by atoms with Crippen molar-refractivity contribution in [3.63, 3.8) is 0 Å².